The number of aromatic nitrogens is 3. The first-order chi connectivity index (χ1) is 8.78. The lowest BCUT2D eigenvalue weighted by atomic mass is 10.2. The van der Waals surface area contributed by atoms with Crippen LogP contribution >= 0.6 is 0 Å². The van der Waals surface area contributed by atoms with E-state index in [1.807, 2.05) is 6.07 Å². The molecule has 0 aliphatic rings. The monoisotopic (exact) mass is 244 g/mol. The highest BCUT2D eigenvalue weighted by Gasteiger charge is 2.07. The maximum Gasteiger partial charge on any atom is 0.157 e. The zero-order valence-corrected chi connectivity index (χ0v) is 9.87. The lowest BCUT2D eigenvalue weighted by Gasteiger charge is -2.05. The summed E-state index contributed by atoms with van der Waals surface area (Å²) in [6.07, 6.45) is 5.45. The molecule has 6 nitrogen and oxygen atoms in total. The molecule has 0 unspecified atom stereocenters. The molecule has 0 spiro atoms. The van der Waals surface area contributed by atoms with E-state index >= 15 is 0 Å². The first kappa shape index (κ1) is 12.1. The zero-order valence-electron chi connectivity index (χ0n) is 9.87. The van der Waals surface area contributed by atoms with Crippen molar-refractivity contribution in [2.45, 2.75) is 6.42 Å². The van der Waals surface area contributed by atoms with Crippen LogP contribution in [0, 0.1) is 11.3 Å². The molecule has 0 fully saturated rings. The molecule has 0 saturated heterocycles. The number of hydrogen-bond acceptors (Lipinski definition) is 5. The van der Waals surface area contributed by atoms with Gasteiger partial charge in [-0.1, -0.05) is 0 Å². The summed E-state index contributed by atoms with van der Waals surface area (Å²) in [5, 5.41) is 21.8. The van der Waals surface area contributed by atoms with Gasteiger partial charge >= 0.3 is 0 Å². The van der Waals surface area contributed by atoms with Crippen molar-refractivity contribution in [1.82, 2.24) is 14.8 Å². The number of nitriles is 1. The van der Waals surface area contributed by atoms with Gasteiger partial charge in [-0.3, -0.25) is 0 Å². The van der Waals surface area contributed by atoms with Gasteiger partial charge in [0.2, 0.25) is 0 Å². The number of pyridine rings is 1. The number of hydrogen-bond donors (Lipinski definition) is 1. The van der Waals surface area contributed by atoms with Crippen molar-refractivity contribution >= 4 is 0 Å². The number of rotatable bonds is 4. The molecule has 2 aromatic heterocycles. The van der Waals surface area contributed by atoms with Crippen LogP contribution in [0.2, 0.25) is 0 Å². The van der Waals surface area contributed by atoms with Crippen molar-refractivity contribution in [3.63, 3.8) is 0 Å². The second kappa shape index (κ2) is 5.29. The Morgan fingerprint density at radius 1 is 1.50 bits per heavy atom. The molecule has 0 aromatic carbocycles. The third kappa shape index (κ3) is 2.31. The molecular weight excluding hydrogens is 232 g/mol. The fourth-order valence-electron chi connectivity index (χ4n) is 1.55. The molecule has 0 atom stereocenters. The van der Waals surface area contributed by atoms with Gasteiger partial charge in [0.25, 0.3) is 0 Å². The summed E-state index contributed by atoms with van der Waals surface area (Å²) in [5.74, 6) is 1.02. The van der Waals surface area contributed by atoms with Crippen molar-refractivity contribution in [3.8, 4) is 17.6 Å². The van der Waals surface area contributed by atoms with Crippen LogP contribution in [0.5, 0.6) is 5.75 Å². The molecule has 0 saturated carbocycles. The normalized spacial score (nSPS) is 10.1. The van der Waals surface area contributed by atoms with Crippen LogP contribution < -0.4 is 4.74 Å². The van der Waals surface area contributed by atoms with E-state index < -0.39 is 0 Å². The van der Waals surface area contributed by atoms with Crippen LogP contribution in [0.1, 0.15) is 11.1 Å². The van der Waals surface area contributed by atoms with Crippen molar-refractivity contribution in [2.24, 2.45) is 0 Å². The van der Waals surface area contributed by atoms with Gasteiger partial charge in [0.1, 0.15) is 17.4 Å². The highest BCUT2D eigenvalue weighted by atomic mass is 16.5. The van der Waals surface area contributed by atoms with E-state index in [0.29, 0.717) is 23.6 Å². The molecule has 2 rings (SSSR count). The van der Waals surface area contributed by atoms with Crippen molar-refractivity contribution in [3.05, 3.63) is 35.8 Å². The molecule has 2 heterocycles. The fraction of sp³-hybridized carbons (Fsp3) is 0.250. The molecule has 0 aliphatic carbocycles. The Hall–Kier alpha value is -2.39. The molecule has 92 valence electrons. The topological polar surface area (TPSA) is 84.0 Å². The Morgan fingerprint density at radius 2 is 2.33 bits per heavy atom. The Kier molecular flexibility index (Phi) is 3.55. The number of ether oxygens (including phenoxy) is 1. The van der Waals surface area contributed by atoms with Crippen molar-refractivity contribution in [1.29, 1.82) is 5.26 Å². The van der Waals surface area contributed by atoms with E-state index in [0.717, 1.165) is 5.56 Å². The average Bonchev–Trinajstić information content (AvgIpc) is 2.87. The summed E-state index contributed by atoms with van der Waals surface area (Å²) >= 11 is 0. The van der Waals surface area contributed by atoms with E-state index in [9.17, 15) is 0 Å². The van der Waals surface area contributed by atoms with Gasteiger partial charge in [-0.05, 0) is 12.0 Å². The van der Waals surface area contributed by atoms with Crippen LogP contribution in [0.15, 0.2) is 24.7 Å². The van der Waals surface area contributed by atoms with Crippen LogP contribution in [-0.4, -0.2) is 33.6 Å². The zero-order chi connectivity index (χ0) is 13.0. The molecule has 0 radical (unpaired) electrons. The van der Waals surface area contributed by atoms with Crippen LogP contribution in [0.4, 0.5) is 0 Å². The minimum absolute atomic E-state index is 0.0792. The molecule has 2 aromatic rings. The minimum atomic E-state index is 0.0792. The highest BCUT2D eigenvalue weighted by molar-refractivity contribution is 5.45. The number of aliphatic hydroxyl groups is 1. The minimum Gasteiger partial charge on any atom is -0.495 e. The summed E-state index contributed by atoms with van der Waals surface area (Å²) < 4.78 is 6.69. The van der Waals surface area contributed by atoms with Crippen molar-refractivity contribution < 1.29 is 9.84 Å². The average molecular weight is 244 g/mol. The van der Waals surface area contributed by atoms with Gasteiger partial charge < -0.3 is 9.84 Å². The lowest BCUT2D eigenvalue weighted by molar-refractivity contribution is 0.299. The predicted molar refractivity (Wildman–Crippen MR) is 63.4 cm³/mol. The molecule has 1 N–H and O–H groups in total. The third-order valence-electron chi connectivity index (χ3n) is 2.46. The van der Waals surface area contributed by atoms with Gasteiger partial charge in [0.05, 0.1) is 19.5 Å². The highest BCUT2D eigenvalue weighted by Crippen LogP contribution is 2.19. The molecule has 6 heteroatoms. The molecular formula is C12H12N4O2. The fourth-order valence-corrected chi connectivity index (χ4v) is 1.55. The Balaban J connectivity index is 2.35. The SMILES string of the molecule is COc1cc(-n2cc(CCO)cn2)ncc1C#N. The van der Waals surface area contributed by atoms with E-state index in [2.05, 4.69) is 10.1 Å². The Morgan fingerprint density at radius 3 is 3.00 bits per heavy atom. The summed E-state index contributed by atoms with van der Waals surface area (Å²) in [6, 6.07) is 3.65. The number of aliphatic hydroxyl groups excluding tert-OH is 1. The van der Waals surface area contributed by atoms with Gasteiger partial charge in [0, 0.05) is 18.9 Å². The summed E-state index contributed by atoms with van der Waals surface area (Å²) in [7, 11) is 1.50. The largest absolute Gasteiger partial charge is 0.495 e. The lowest BCUT2D eigenvalue weighted by Crippen LogP contribution is -2.00. The second-order valence-electron chi connectivity index (χ2n) is 3.62. The van der Waals surface area contributed by atoms with E-state index in [-0.39, 0.29) is 6.61 Å². The molecule has 0 bridgehead atoms. The van der Waals surface area contributed by atoms with E-state index in [1.54, 1.807) is 23.1 Å². The van der Waals surface area contributed by atoms with Gasteiger partial charge in [0.15, 0.2) is 5.82 Å². The predicted octanol–water partition coefficient (Wildman–Crippen LogP) is 0.682. The van der Waals surface area contributed by atoms with E-state index in [1.165, 1.54) is 13.3 Å². The Labute approximate surface area is 104 Å². The summed E-state index contributed by atoms with van der Waals surface area (Å²) in [6.45, 7) is 0.0792. The van der Waals surface area contributed by atoms with Crippen LogP contribution in [0.3, 0.4) is 0 Å². The smallest absolute Gasteiger partial charge is 0.157 e. The van der Waals surface area contributed by atoms with Crippen LogP contribution in [0.25, 0.3) is 5.82 Å². The summed E-state index contributed by atoms with van der Waals surface area (Å²) in [4.78, 5) is 4.14. The molecule has 18 heavy (non-hydrogen) atoms. The van der Waals surface area contributed by atoms with E-state index in [4.69, 9.17) is 15.1 Å². The first-order valence-corrected chi connectivity index (χ1v) is 5.37. The standard InChI is InChI=1S/C12H12N4O2/c1-18-11-4-12(14-7-10(11)5-13)16-8-9(2-3-17)6-15-16/h4,6-8,17H,2-3H2,1H3. The van der Waals surface area contributed by atoms with Gasteiger partial charge in [-0.2, -0.15) is 10.4 Å². The van der Waals surface area contributed by atoms with Crippen molar-refractivity contribution in [2.75, 3.05) is 13.7 Å². The second-order valence-corrected chi connectivity index (χ2v) is 3.62. The maximum atomic E-state index is 8.86. The third-order valence-corrected chi connectivity index (χ3v) is 2.46. The first-order valence-electron chi connectivity index (χ1n) is 5.37. The number of nitrogens with zero attached hydrogens (tertiary/aromatic N) is 4. The van der Waals surface area contributed by atoms with Gasteiger partial charge in [-0.15, -0.1) is 0 Å². The number of methoxy groups -OCH3 is 1. The molecule has 0 amide bonds. The maximum absolute atomic E-state index is 8.86. The molecule has 0 aliphatic heterocycles. The van der Waals surface area contributed by atoms with Crippen LogP contribution in [-0.2, 0) is 6.42 Å². The summed E-state index contributed by atoms with van der Waals surface area (Å²) in [5.41, 5.74) is 1.30. The van der Waals surface area contributed by atoms with Gasteiger partial charge in [-0.25, -0.2) is 9.67 Å². The quantitative estimate of drug-likeness (QED) is 0.855. The Bertz CT molecular complexity index is 586.